The molecule has 0 radical (unpaired) electrons. The molecule has 2 rings (SSSR count). The normalized spacial score (nSPS) is 10.5. The van der Waals surface area contributed by atoms with Crippen LogP contribution < -0.4 is 5.32 Å². The molecule has 122 valence electrons. The molecule has 0 saturated carbocycles. The van der Waals surface area contributed by atoms with Crippen molar-refractivity contribution in [2.24, 2.45) is 0 Å². The Kier molecular flexibility index (Phi) is 5.00. The number of hydrogen-bond acceptors (Lipinski definition) is 5. The molecule has 1 amide bonds. The molecule has 0 atom stereocenters. The van der Waals surface area contributed by atoms with Gasteiger partial charge in [-0.3, -0.25) is 25.0 Å². The number of amides is 1. The second-order valence-electron chi connectivity index (χ2n) is 4.93. The maximum Gasteiger partial charge on any atom is 0.274 e. The van der Waals surface area contributed by atoms with Gasteiger partial charge in [0.05, 0.1) is 9.85 Å². The van der Waals surface area contributed by atoms with Gasteiger partial charge >= 0.3 is 0 Å². The van der Waals surface area contributed by atoms with Crippen LogP contribution in [0.3, 0.4) is 0 Å². The molecule has 0 aliphatic carbocycles. The molecule has 0 spiro atoms. The van der Waals surface area contributed by atoms with Crippen LogP contribution in [-0.4, -0.2) is 15.8 Å². The summed E-state index contributed by atoms with van der Waals surface area (Å²) in [4.78, 5) is 32.4. The van der Waals surface area contributed by atoms with Gasteiger partial charge in [-0.1, -0.05) is 18.2 Å². The molecule has 0 aliphatic rings. The van der Waals surface area contributed by atoms with Crippen molar-refractivity contribution in [1.29, 1.82) is 0 Å². The number of carbonyl (C=O) groups excluding carboxylic acids is 1. The molecule has 2 aromatic rings. The first-order valence-corrected chi connectivity index (χ1v) is 6.85. The van der Waals surface area contributed by atoms with Crippen LogP contribution >= 0.6 is 0 Å². The van der Waals surface area contributed by atoms with E-state index in [1.54, 1.807) is 19.1 Å². The van der Waals surface area contributed by atoms with E-state index in [1.165, 1.54) is 42.5 Å². The third kappa shape index (κ3) is 4.23. The third-order valence-electron chi connectivity index (χ3n) is 3.18. The summed E-state index contributed by atoms with van der Waals surface area (Å²) >= 11 is 0. The zero-order valence-corrected chi connectivity index (χ0v) is 12.6. The number of nitro groups is 2. The van der Waals surface area contributed by atoms with E-state index in [0.717, 1.165) is 0 Å². The minimum atomic E-state index is -0.525. The van der Waals surface area contributed by atoms with Crippen molar-refractivity contribution in [2.75, 3.05) is 5.32 Å². The Labute approximate surface area is 136 Å². The molecule has 0 heterocycles. The Morgan fingerprint density at radius 1 is 1.08 bits per heavy atom. The molecule has 8 heteroatoms. The van der Waals surface area contributed by atoms with Gasteiger partial charge in [-0.05, 0) is 24.6 Å². The van der Waals surface area contributed by atoms with Gasteiger partial charge in [0.1, 0.15) is 0 Å². The lowest BCUT2D eigenvalue weighted by Crippen LogP contribution is -2.08. The number of aryl methyl sites for hydroxylation is 1. The van der Waals surface area contributed by atoms with Crippen LogP contribution in [0.25, 0.3) is 6.08 Å². The molecule has 0 fully saturated rings. The van der Waals surface area contributed by atoms with Crippen molar-refractivity contribution in [1.82, 2.24) is 0 Å². The van der Waals surface area contributed by atoms with Crippen LogP contribution in [0.2, 0.25) is 0 Å². The van der Waals surface area contributed by atoms with E-state index in [-0.39, 0.29) is 11.4 Å². The second-order valence-corrected chi connectivity index (χ2v) is 4.93. The third-order valence-corrected chi connectivity index (χ3v) is 3.18. The molecule has 0 bridgehead atoms. The van der Waals surface area contributed by atoms with E-state index in [0.29, 0.717) is 16.8 Å². The van der Waals surface area contributed by atoms with Crippen LogP contribution in [0.5, 0.6) is 0 Å². The van der Waals surface area contributed by atoms with Crippen LogP contribution in [0, 0.1) is 27.2 Å². The molecular weight excluding hydrogens is 314 g/mol. The fraction of sp³-hybridized carbons (Fsp3) is 0.0625. The molecule has 0 aliphatic heterocycles. The molecule has 0 aromatic heterocycles. The van der Waals surface area contributed by atoms with Crippen LogP contribution in [0.4, 0.5) is 17.1 Å². The number of non-ortho nitro benzene ring substituents is 1. The lowest BCUT2D eigenvalue weighted by atomic mass is 10.1. The SMILES string of the molecule is Cc1ccc(NC(=O)/C=C/c2cccc([N+](=O)[O-])c2)cc1[N+](=O)[O-]. The molecule has 0 unspecified atom stereocenters. The zero-order chi connectivity index (χ0) is 17.7. The van der Waals surface area contributed by atoms with Crippen molar-refractivity contribution in [3.63, 3.8) is 0 Å². The van der Waals surface area contributed by atoms with E-state index in [1.807, 2.05) is 0 Å². The number of nitrogens with one attached hydrogen (secondary N) is 1. The summed E-state index contributed by atoms with van der Waals surface area (Å²) in [6, 6.07) is 10.2. The highest BCUT2D eigenvalue weighted by Gasteiger charge is 2.11. The highest BCUT2D eigenvalue weighted by Crippen LogP contribution is 2.22. The van der Waals surface area contributed by atoms with E-state index < -0.39 is 15.8 Å². The predicted molar refractivity (Wildman–Crippen MR) is 88.6 cm³/mol. The van der Waals surface area contributed by atoms with Crippen molar-refractivity contribution in [3.8, 4) is 0 Å². The van der Waals surface area contributed by atoms with Crippen LogP contribution in [-0.2, 0) is 4.79 Å². The van der Waals surface area contributed by atoms with Crippen LogP contribution in [0.15, 0.2) is 48.5 Å². The summed E-state index contributed by atoms with van der Waals surface area (Å²) in [5.74, 6) is -0.500. The fourth-order valence-electron chi connectivity index (χ4n) is 1.98. The molecule has 0 saturated heterocycles. The number of anilines is 1. The predicted octanol–water partition coefficient (Wildman–Crippen LogP) is 3.46. The zero-order valence-electron chi connectivity index (χ0n) is 12.6. The highest BCUT2D eigenvalue weighted by atomic mass is 16.6. The van der Waals surface area contributed by atoms with E-state index in [9.17, 15) is 25.0 Å². The van der Waals surface area contributed by atoms with Crippen LogP contribution in [0.1, 0.15) is 11.1 Å². The summed E-state index contributed by atoms with van der Waals surface area (Å²) in [6.45, 7) is 1.60. The smallest absolute Gasteiger partial charge is 0.274 e. The average molecular weight is 327 g/mol. The first-order valence-electron chi connectivity index (χ1n) is 6.85. The Hall–Kier alpha value is -3.55. The lowest BCUT2D eigenvalue weighted by molar-refractivity contribution is -0.385. The Morgan fingerprint density at radius 3 is 2.50 bits per heavy atom. The summed E-state index contributed by atoms with van der Waals surface area (Å²) in [5.41, 5.74) is 1.11. The molecule has 24 heavy (non-hydrogen) atoms. The standard InChI is InChI=1S/C16H13N3O5/c1-11-5-7-13(10-15(11)19(23)24)17-16(20)8-6-12-3-2-4-14(9-12)18(21)22/h2-10H,1H3,(H,17,20)/b8-6+. The number of rotatable bonds is 5. The highest BCUT2D eigenvalue weighted by molar-refractivity contribution is 6.02. The Bertz CT molecular complexity index is 845. The monoisotopic (exact) mass is 327 g/mol. The van der Waals surface area contributed by atoms with Crippen molar-refractivity contribution < 1.29 is 14.6 Å². The first-order chi connectivity index (χ1) is 11.4. The van der Waals surface area contributed by atoms with Gasteiger partial charge < -0.3 is 5.32 Å². The summed E-state index contributed by atoms with van der Waals surface area (Å²) in [7, 11) is 0. The summed E-state index contributed by atoms with van der Waals surface area (Å²) < 4.78 is 0. The summed E-state index contributed by atoms with van der Waals surface area (Å²) in [5, 5.41) is 24.1. The van der Waals surface area contributed by atoms with Crippen molar-refractivity contribution in [2.45, 2.75) is 6.92 Å². The number of nitro benzene ring substituents is 2. The van der Waals surface area contributed by atoms with Gasteiger partial charge in [0, 0.05) is 35.5 Å². The summed E-state index contributed by atoms with van der Waals surface area (Å²) in [6.07, 6.45) is 2.62. The largest absolute Gasteiger partial charge is 0.322 e. The van der Waals surface area contributed by atoms with Gasteiger partial charge in [-0.15, -0.1) is 0 Å². The second kappa shape index (κ2) is 7.14. The van der Waals surface area contributed by atoms with Crippen molar-refractivity contribution in [3.05, 3.63) is 79.9 Å². The van der Waals surface area contributed by atoms with Gasteiger partial charge in [0.25, 0.3) is 11.4 Å². The van der Waals surface area contributed by atoms with Crippen molar-refractivity contribution >= 4 is 29.0 Å². The molecule has 8 nitrogen and oxygen atoms in total. The molecule has 1 N–H and O–H groups in total. The van der Waals surface area contributed by atoms with Gasteiger partial charge in [-0.25, -0.2) is 0 Å². The minimum absolute atomic E-state index is 0.0771. The van der Waals surface area contributed by atoms with Gasteiger partial charge in [-0.2, -0.15) is 0 Å². The average Bonchev–Trinajstić information content (AvgIpc) is 2.54. The number of carbonyl (C=O) groups is 1. The minimum Gasteiger partial charge on any atom is -0.322 e. The van der Waals surface area contributed by atoms with E-state index >= 15 is 0 Å². The number of hydrogen-bond donors (Lipinski definition) is 1. The van der Waals surface area contributed by atoms with E-state index in [4.69, 9.17) is 0 Å². The fourth-order valence-corrected chi connectivity index (χ4v) is 1.98. The topological polar surface area (TPSA) is 115 Å². The maximum absolute atomic E-state index is 11.9. The Morgan fingerprint density at radius 2 is 1.83 bits per heavy atom. The molecular formula is C16H13N3O5. The molecule has 2 aromatic carbocycles. The maximum atomic E-state index is 11.9. The van der Waals surface area contributed by atoms with Gasteiger partial charge in [0.15, 0.2) is 0 Å². The lowest BCUT2D eigenvalue weighted by Gasteiger charge is -2.03. The first kappa shape index (κ1) is 16.8. The number of benzene rings is 2. The quantitative estimate of drug-likeness (QED) is 0.513. The number of nitrogens with zero attached hydrogens (tertiary/aromatic N) is 2. The van der Waals surface area contributed by atoms with E-state index in [2.05, 4.69) is 5.32 Å². The van der Waals surface area contributed by atoms with Gasteiger partial charge in [0.2, 0.25) is 5.91 Å². The Balaban J connectivity index is 2.11.